The molecule has 1 aromatic heterocycles. The van der Waals surface area contributed by atoms with E-state index in [9.17, 15) is 10.1 Å². The van der Waals surface area contributed by atoms with Crippen molar-refractivity contribution in [2.45, 2.75) is 43.8 Å². The van der Waals surface area contributed by atoms with E-state index < -0.39 is 6.04 Å². The van der Waals surface area contributed by atoms with Gasteiger partial charge in [0, 0.05) is 23.2 Å². The monoisotopic (exact) mass is 359 g/mol. The molecule has 0 radical (unpaired) electrons. The number of hydrogen-bond acceptors (Lipinski definition) is 4. The van der Waals surface area contributed by atoms with Crippen LogP contribution in [0.3, 0.4) is 0 Å². The van der Waals surface area contributed by atoms with Crippen molar-refractivity contribution in [2.24, 2.45) is 5.92 Å². The van der Waals surface area contributed by atoms with Gasteiger partial charge in [0.15, 0.2) is 0 Å². The standard InChI is InChI=1S/C22H21N3O2/c23-12-16(25-22(26)21-14-6-7-15(11-14)24-21)9-13-5-8-20-18(10-13)17-3-1-2-4-19(17)27-20/h1-5,8,10,14-16,21,24H,6-7,9,11H2,(H,25,26)/t14-,15+,16?,21?/m0/s1. The number of nitrogens with zero attached hydrogens (tertiary/aromatic N) is 1. The van der Waals surface area contributed by atoms with Crippen LogP contribution in [0, 0.1) is 17.2 Å². The summed E-state index contributed by atoms with van der Waals surface area (Å²) in [6.07, 6.45) is 3.84. The number of amides is 1. The van der Waals surface area contributed by atoms with E-state index in [2.05, 4.69) is 22.8 Å². The molecule has 1 amide bonds. The SMILES string of the molecule is N#CC(Cc1ccc2oc3ccccc3c2c1)NC(=O)C1N[C@@H]2CC[C@H]1C2. The summed E-state index contributed by atoms with van der Waals surface area (Å²) in [5.41, 5.74) is 2.71. The van der Waals surface area contributed by atoms with Crippen LogP contribution in [0.25, 0.3) is 21.9 Å². The van der Waals surface area contributed by atoms with Crippen LogP contribution in [0.2, 0.25) is 0 Å². The molecular weight excluding hydrogens is 338 g/mol. The largest absolute Gasteiger partial charge is 0.456 e. The summed E-state index contributed by atoms with van der Waals surface area (Å²) >= 11 is 0. The maximum absolute atomic E-state index is 12.6. The molecule has 2 N–H and O–H groups in total. The fourth-order valence-electron chi connectivity index (χ4n) is 4.68. The molecule has 4 atom stereocenters. The Kier molecular flexibility index (Phi) is 3.87. The lowest BCUT2D eigenvalue weighted by molar-refractivity contribution is -0.124. The fraction of sp³-hybridized carbons (Fsp3) is 0.364. The first-order valence-electron chi connectivity index (χ1n) is 9.57. The summed E-state index contributed by atoms with van der Waals surface area (Å²) in [6.45, 7) is 0. The zero-order valence-electron chi connectivity index (χ0n) is 14.9. The van der Waals surface area contributed by atoms with E-state index in [1.54, 1.807) is 0 Å². The molecule has 5 nitrogen and oxygen atoms in total. The minimum atomic E-state index is -0.533. The van der Waals surface area contributed by atoms with Gasteiger partial charge >= 0.3 is 0 Å². The van der Waals surface area contributed by atoms with Gasteiger partial charge in [0.05, 0.1) is 12.1 Å². The number of rotatable bonds is 4. The Morgan fingerprint density at radius 2 is 2.07 bits per heavy atom. The third-order valence-electron chi connectivity index (χ3n) is 6.00. The summed E-state index contributed by atoms with van der Waals surface area (Å²) in [5, 5.41) is 18.0. The van der Waals surface area contributed by atoms with Crippen molar-refractivity contribution in [1.29, 1.82) is 5.26 Å². The molecule has 2 heterocycles. The highest BCUT2D eigenvalue weighted by Crippen LogP contribution is 2.35. The highest BCUT2D eigenvalue weighted by atomic mass is 16.3. The summed E-state index contributed by atoms with van der Waals surface area (Å²) in [6, 6.07) is 16.0. The van der Waals surface area contributed by atoms with E-state index in [1.807, 2.05) is 36.4 Å². The van der Waals surface area contributed by atoms with Gasteiger partial charge in [0.2, 0.25) is 5.91 Å². The zero-order valence-corrected chi connectivity index (χ0v) is 14.9. The van der Waals surface area contributed by atoms with Gasteiger partial charge in [-0.05, 0) is 48.9 Å². The van der Waals surface area contributed by atoms with Crippen molar-refractivity contribution in [2.75, 3.05) is 0 Å². The van der Waals surface area contributed by atoms with Crippen LogP contribution >= 0.6 is 0 Å². The first-order chi connectivity index (χ1) is 13.2. The number of fused-ring (bicyclic) bond motifs is 5. The van der Waals surface area contributed by atoms with Crippen molar-refractivity contribution in [3.05, 3.63) is 48.0 Å². The highest BCUT2D eigenvalue weighted by Gasteiger charge is 2.43. The topological polar surface area (TPSA) is 78.1 Å². The lowest BCUT2D eigenvalue weighted by atomic mass is 9.98. The van der Waals surface area contributed by atoms with Gasteiger partial charge in [-0.1, -0.05) is 24.3 Å². The van der Waals surface area contributed by atoms with E-state index in [0.29, 0.717) is 18.4 Å². The number of piperidine rings is 1. The first kappa shape index (κ1) is 16.3. The number of hydrogen-bond donors (Lipinski definition) is 2. The quantitative estimate of drug-likeness (QED) is 0.749. The third kappa shape index (κ3) is 2.87. The van der Waals surface area contributed by atoms with Gasteiger partial charge in [-0.15, -0.1) is 0 Å². The Morgan fingerprint density at radius 1 is 1.22 bits per heavy atom. The Labute approximate surface area is 157 Å². The molecule has 2 bridgehead atoms. The second-order valence-corrected chi connectivity index (χ2v) is 7.74. The van der Waals surface area contributed by atoms with E-state index >= 15 is 0 Å². The van der Waals surface area contributed by atoms with Crippen LogP contribution in [0.15, 0.2) is 46.9 Å². The maximum atomic E-state index is 12.6. The number of nitrogens with one attached hydrogen (secondary N) is 2. The van der Waals surface area contributed by atoms with E-state index in [4.69, 9.17) is 4.42 Å². The minimum Gasteiger partial charge on any atom is -0.456 e. The molecule has 0 spiro atoms. The molecule has 5 heteroatoms. The van der Waals surface area contributed by atoms with Gasteiger partial charge in [0.1, 0.15) is 17.2 Å². The van der Waals surface area contributed by atoms with Crippen LogP contribution in [-0.4, -0.2) is 24.0 Å². The number of para-hydroxylation sites is 1. The summed E-state index contributed by atoms with van der Waals surface area (Å²) in [7, 11) is 0. The molecule has 2 aliphatic rings. The molecule has 27 heavy (non-hydrogen) atoms. The van der Waals surface area contributed by atoms with Gasteiger partial charge in [-0.2, -0.15) is 5.26 Å². The van der Waals surface area contributed by atoms with Crippen molar-refractivity contribution in [3.8, 4) is 6.07 Å². The van der Waals surface area contributed by atoms with Crippen LogP contribution < -0.4 is 10.6 Å². The minimum absolute atomic E-state index is 0.0383. The lowest BCUT2D eigenvalue weighted by Crippen LogP contribution is -2.50. The lowest BCUT2D eigenvalue weighted by Gasteiger charge is -2.23. The van der Waals surface area contributed by atoms with Crippen molar-refractivity contribution in [1.82, 2.24) is 10.6 Å². The van der Waals surface area contributed by atoms with Gasteiger partial charge in [-0.3, -0.25) is 4.79 Å². The maximum Gasteiger partial charge on any atom is 0.238 e. The molecule has 136 valence electrons. The van der Waals surface area contributed by atoms with E-state index in [0.717, 1.165) is 46.8 Å². The molecule has 1 aliphatic carbocycles. The molecule has 1 aliphatic heterocycles. The smallest absolute Gasteiger partial charge is 0.238 e. The average Bonchev–Trinajstić information content (AvgIpc) is 3.41. The van der Waals surface area contributed by atoms with Crippen LogP contribution in [0.1, 0.15) is 24.8 Å². The Bertz CT molecular complexity index is 1060. The number of benzene rings is 2. The molecule has 1 saturated carbocycles. The number of carbonyl (C=O) groups excluding carboxylic acids is 1. The number of carbonyl (C=O) groups is 1. The molecule has 1 saturated heterocycles. The van der Waals surface area contributed by atoms with Crippen LogP contribution in [0.5, 0.6) is 0 Å². The zero-order chi connectivity index (χ0) is 18.4. The normalized spacial score (nSPS) is 24.9. The van der Waals surface area contributed by atoms with E-state index in [1.165, 1.54) is 0 Å². The second kappa shape index (κ2) is 6.40. The van der Waals surface area contributed by atoms with Crippen molar-refractivity contribution >= 4 is 27.8 Å². The van der Waals surface area contributed by atoms with E-state index in [-0.39, 0.29) is 11.9 Å². The summed E-state index contributed by atoms with van der Waals surface area (Å²) < 4.78 is 5.86. The highest BCUT2D eigenvalue weighted by molar-refractivity contribution is 6.05. The Hall–Kier alpha value is -2.84. The Balaban J connectivity index is 1.34. The second-order valence-electron chi connectivity index (χ2n) is 7.74. The predicted molar refractivity (Wildman–Crippen MR) is 103 cm³/mol. The summed E-state index contributed by atoms with van der Waals surface area (Å²) in [4.78, 5) is 12.6. The predicted octanol–water partition coefficient (Wildman–Crippen LogP) is 3.28. The van der Waals surface area contributed by atoms with Crippen LogP contribution in [-0.2, 0) is 11.2 Å². The third-order valence-corrected chi connectivity index (χ3v) is 6.00. The van der Waals surface area contributed by atoms with Gasteiger partial charge in [-0.25, -0.2) is 0 Å². The van der Waals surface area contributed by atoms with Crippen molar-refractivity contribution in [3.63, 3.8) is 0 Å². The fourth-order valence-corrected chi connectivity index (χ4v) is 4.68. The van der Waals surface area contributed by atoms with Crippen molar-refractivity contribution < 1.29 is 9.21 Å². The molecule has 3 aromatic rings. The van der Waals surface area contributed by atoms with Gasteiger partial charge < -0.3 is 15.1 Å². The number of nitriles is 1. The summed E-state index contributed by atoms with van der Waals surface area (Å²) in [5.74, 6) is 0.381. The molecule has 2 fully saturated rings. The molecule has 2 unspecified atom stereocenters. The molecular formula is C22H21N3O2. The Morgan fingerprint density at radius 3 is 2.85 bits per heavy atom. The van der Waals surface area contributed by atoms with Gasteiger partial charge in [0.25, 0.3) is 0 Å². The molecule has 5 rings (SSSR count). The van der Waals surface area contributed by atoms with Crippen LogP contribution in [0.4, 0.5) is 0 Å². The molecule has 2 aromatic carbocycles. The average molecular weight is 359 g/mol. The number of furan rings is 1. The first-order valence-corrected chi connectivity index (χ1v) is 9.57.